The van der Waals surface area contributed by atoms with Crippen LogP contribution >= 0.6 is 11.8 Å². The van der Waals surface area contributed by atoms with E-state index in [1.165, 1.54) is 16.7 Å². The fourth-order valence-corrected chi connectivity index (χ4v) is 4.98. The Morgan fingerprint density at radius 2 is 1.49 bits per heavy atom. The molecule has 2 aromatic rings. The Morgan fingerprint density at radius 1 is 0.889 bits per heavy atom. The molecule has 0 bridgehead atoms. The molecule has 0 heterocycles. The fourth-order valence-electron chi connectivity index (χ4n) is 4.51. The average molecular weight is 638 g/mol. The number of terminal acetylenes is 1. The van der Waals surface area contributed by atoms with E-state index in [9.17, 15) is 19.2 Å². The molecule has 0 spiro atoms. The van der Waals surface area contributed by atoms with Crippen LogP contribution in [-0.2, 0) is 30.3 Å². The van der Waals surface area contributed by atoms with Crippen molar-refractivity contribution in [3.8, 4) is 12.3 Å². The van der Waals surface area contributed by atoms with Crippen LogP contribution in [0.3, 0.4) is 0 Å². The summed E-state index contributed by atoms with van der Waals surface area (Å²) in [4.78, 5) is 55.9. The summed E-state index contributed by atoms with van der Waals surface area (Å²) >= 11 is 1.53. The maximum Gasteiger partial charge on any atom is 0.408 e. The maximum atomic E-state index is 14.3. The van der Waals surface area contributed by atoms with Gasteiger partial charge in [0.25, 0.3) is 0 Å². The molecule has 2 aromatic carbocycles. The smallest absolute Gasteiger partial charge is 0.408 e. The summed E-state index contributed by atoms with van der Waals surface area (Å²) in [5, 5.41) is 5.58. The second kappa shape index (κ2) is 16.9. The van der Waals surface area contributed by atoms with E-state index in [4.69, 9.17) is 15.9 Å². The molecule has 2 rings (SSSR count). The van der Waals surface area contributed by atoms with Gasteiger partial charge in [-0.1, -0.05) is 48.4 Å². The number of benzene rings is 2. The van der Waals surface area contributed by atoms with E-state index in [1.54, 1.807) is 72.7 Å². The topological polar surface area (TPSA) is 114 Å². The van der Waals surface area contributed by atoms with Gasteiger partial charge in [0.2, 0.25) is 11.8 Å². The van der Waals surface area contributed by atoms with Gasteiger partial charge in [0.15, 0.2) is 0 Å². The molecule has 3 atom stereocenters. The summed E-state index contributed by atoms with van der Waals surface area (Å²) in [6, 6.07) is 12.9. The van der Waals surface area contributed by atoms with Gasteiger partial charge in [-0.15, -0.1) is 6.42 Å². The number of esters is 1. The van der Waals surface area contributed by atoms with Gasteiger partial charge in [-0.25, -0.2) is 9.59 Å². The van der Waals surface area contributed by atoms with Crippen LogP contribution in [0.5, 0.6) is 0 Å². The number of likely N-dealkylation sites (N-methyl/N-ethyl adjacent to an activating group) is 1. The molecule has 45 heavy (non-hydrogen) atoms. The lowest BCUT2D eigenvalue weighted by atomic mass is 9.99. The van der Waals surface area contributed by atoms with Gasteiger partial charge in [-0.05, 0) is 90.2 Å². The van der Waals surface area contributed by atoms with Crippen LogP contribution in [0, 0.1) is 12.3 Å². The monoisotopic (exact) mass is 637 g/mol. The first-order valence-corrected chi connectivity index (χ1v) is 16.4. The summed E-state index contributed by atoms with van der Waals surface area (Å²) in [6.07, 6.45) is 7.24. The highest BCUT2D eigenvalue weighted by Crippen LogP contribution is 2.25. The van der Waals surface area contributed by atoms with E-state index in [0.29, 0.717) is 23.3 Å². The van der Waals surface area contributed by atoms with E-state index < -0.39 is 53.2 Å². The molecule has 3 amide bonds. The third-order valence-electron chi connectivity index (χ3n) is 6.47. The summed E-state index contributed by atoms with van der Waals surface area (Å²) < 4.78 is 11.1. The van der Waals surface area contributed by atoms with E-state index in [2.05, 4.69) is 16.6 Å². The Bertz CT molecular complexity index is 1330. The fraction of sp³-hybridized carbons (Fsp3) is 0.486. The minimum absolute atomic E-state index is 0.134. The predicted octanol–water partition coefficient (Wildman–Crippen LogP) is 5.27. The quantitative estimate of drug-likeness (QED) is 0.227. The van der Waals surface area contributed by atoms with Gasteiger partial charge in [0.1, 0.15) is 29.3 Å². The molecule has 3 unspecified atom stereocenters. The van der Waals surface area contributed by atoms with Gasteiger partial charge >= 0.3 is 12.1 Å². The predicted molar refractivity (Wildman–Crippen MR) is 179 cm³/mol. The normalized spacial score (nSPS) is 13.4. The van der Waals surface area contributed by atoms with Crippen molar-refractivity contribution in [2.75, 3.05) is 18.6 Å². The number of ether oxygens (including phenoxy) is 2. The number of nitrogens with zero attached hydrogens (tertiary/aromatic N) is 1. The molecule has 0 aliphatic carbocycles. The molecule has 0 saturated heterocycles. The van der Waals surface area contributed by atoms with E-state index >= 15 is 0 Å². The molecule has 244 valence electrons. The minimum Gasteiger partial charge on any atom is -0.458 e. The van der Waals surface area contributed by atoms with Gasteiger partial charge in [-0.2, -0.15) is 11.8 Å². The maximum absolute atomic E-state index is 14.3. The van der Waals surface area contributed by atoms with E-state index in [0.717, 1.165) is 5.56 Å². The zero-order valence-electron chi connectivity index (χ0n) is 27.6. The number of amides is 3. The van der Waals surface area contributed by atoms with Crippen LogP contribution in [0.15, 0.2) is 54.6 Å². The third kappa shape index (κ3) is 12.5. The second-order valence-corrected chi connectivity index (χ2v) is 13.5. The highest BCUT2D eigenvalue weighted by atomic mass is 32.2. The zero-order valence-corrected chi connectivity index (χ0v) is 28.5. The molecule has 10 heteroatoms. The van der Waals surface area contributed by atoms with Crippen molar-refractivity contribution in [2.24, 2.45) is 0 Å². The van der Waals surface area contributed by atoms with Crippen molar-refractivity contribution in [1.82, 2.24) is 15.5 Å². The Hall–Kier alpha value is -3.97. The van der Waals surface area contributed by atoms with Gasteiger partial charge < -0.3 is 25.0 Å². The number of hydrogen-bond acceptors (Lipinski definition) is 7. The number of carbonyl (C=O) groups excluding carboxylic acids is 4. The zero-order chi connectivity index (χ0) is 33.8. The number of nitrogens with one attached hydrogen (secondary N) is 2. The first kappa shape index (κ1) is 37.2. The van der Waals surface area contributed by atoms with Crippen LogP contribution in [0.1, 0.15) is 77.6 Å². The molecule has 0 aromatic heterocycles. The van der Waals surface area contributed by atoms with Crippen molar-refractivity contribution < 1.29 is 28.7 Å². The lowest BCUT2D eigenvalue weighted by Gasteiger charge is -2.34. The Labute approximate surface area is 272 Å². The van der Waals surface area contributed by atoms with E-state index in [-0.39, 0.29) is 13.0 Å². The van der Waals surface area contributed by atoms with Crippen LogP contribution in [-0.4, -0.2) is 70.6 Å². The molecule has 0 aliphatic heterocycles. The third-order valence-corrected chi connectivity index (χ3v) is 7.11. The minimum atomic E-state index is -1.15. The number of rotatable bonds is 13. The highest BCUT2D eigenvalue weighted by molar-refractivity contribution is 7.98. The molecule has 0 aliphatic rings. The molecule has 0 radical (unpaired) electrons. The Kier molecular flexibility index (Phi) is 14.0. The SMILES string of the molecule is C#Cc1ccc(C(C(=O)NC(Cc2ccccc2)C(=O)OC(C)(C)C)N(CC)C(=O)C(CCSC)NC(=O)OC(C)(C)C)cc1. The number of hydrogen-bond donors (Lipinski definition) is 2. The molecule has 9 nitrogen and oxygen atoms in total. The van der Waals surface area contributed by atoms with Gasteiger partial charge in [-0.3, -0.25) is 9.59 Å². The lowest BCUT2D eigenvalue weighted by molar-refractivity contribution is -0.159. The second-order valence-electron chi connectivity index (χ2n) is 12.6. The summed E-state index contributed by atoms with van der Waals surface area (Å²) in [6.45, 7) is 12.4. The van der Waals surface area contributed by atoms with Gasteiger partial charge in [0.05, 0.1) is 0 Å². The standard InChI is InChI=1S/C35H47N3O6S/c1-10-24-17-19-26(20-18-24)29(38(11-2)31(40)27(21-22-45-9)37-33(42)44-35(6,7)8)30(39)36-28(32(41)43-34(3,4)5)23-25-15-13-12-14-16-25/h1,12-20,27-29H,11,21-23H2,2-9H3,(H,36,39)(H,37,42). The molecule has 0 fully saturated rings. The van der Waals surface area contributed by atoms with Gasteiger partial charge in [0, 0.05) is 18.5 Å². The number of alkyl carbamates (subject to hydrolysis) is 1. The number of carbonyl (C=O) groups is 4. The Balaban J connectivity index is 2.54. The van der Waals surface area contributed by atoms with Crippen LogP contribution < -0.4 is 10.6 Å². The van der Waals surface area contributed by atoms with E-state index in [1.807, 2.05) is 36.6 Å². The van der Waals surface area contributed by atoms with Crippen molar-refractivity contribution in [3.05, 3.63) is 71.3 Å². The van der Waals surface area contributed by atoms with Crippen LogP contribution in [0.25, 0.3) is 0 Å². The van der Waals surface area contributed by atoms with Crippen molar-refractivity contribution in [2.45, 2.75) is 90.6 Å². The molecular formula is C35H47N3O6S. The first-order chi connectivity index (χ1) is 21.1. The lowest BCUT2D eigenvalue weighted by Crippen LogP contribution is -2.55. The highest BCUT2D eigenvalue weighted by Gasteiger charge is 2.37. The summed E-state index contributed by atoms with van der Waals surface area (Å²) in [5.41, 5.74) is 0.367. The van der Waals surface area contributed by atoms with Crippen LogP contribution in [0.4, 0.5) is 4.79 Å². The molecule has 2 N–H and O–H groups in total. The van der Waals surface area contributed by atoms with Crippen molar-refractivity contribution >= 4 is 35.6 Å². The summed E-state index contributed by atoms with van der Waals surface area (Å²) in [7, 11) is 0. The Morgan fingerprint density at radius 3 is 2.00 bits per heavy atom. The molecule has 0 saturated carbocycles. The van der Waals surface area contributed by atoms with Crippen molar-refractivity contribution in [3.63, 3.8) is 0 Å². The largest absolute Gasteiger partial charge is 0.458 e. The van der Waals surface area contributed by atoms with Crippen molar-refractivity contribution in [1.29, 1.82) is 0 Å². The summed E-state index contributed by atoms with van der Waals surface area (Å²) in [5.74, 6) is 1.50. The average Bonchev–Trinajstić information content (AvgIpc) is 2.96. The van der Waals surface area contributed by atoms with Crippen LogP contribution in [0.2, 0.25) is 0 Å². The number of thioether (sulfide) groups is 1. The first-order valence-electron chi connectivity index (χ1n) is 15.0. The molecular weight excluding hydrogens is 590 g/mol.